The van der Waals surface area contributed by atoms with Crippen LogP contribution in [0.4, 0.5) is 5.95 Å². The van der Waals surface area contributed by atoms with Crippen LogP contribution in [0.15, 0.2) is 59.6 Å². The topological polar surface area (TPSA) is 67.1 Å². The molecule has 0 saturated carbocycles. The molecule has 3 rings (SSSR count). The van der Waals surface area contributed by atoms with Gasteiger partial charge < -0.3 is 9.84 Å². The first-order chi connectivity index (χ1) is 11.3. The Kier molecular flexibility index (Phi) is 4.95. The second-order valence-electron chi connectivity index (χ2n) is 5.42. The van der Waals surface area contributed by atoms with Crippen molar-refractivity contribution in [1.29, 1.82) is 0 Å². The van der Waals surface area contributed by atoms with E-state index in [2.05, 4.69) is 37.5 Å². The largest absolute Gasteiger partial charge is 0.364 e. The molecule has 0 amide bonds. The maximum atomic E-state index is 4.84. The molecule has 0 bridgehead atoms. The first-order valence-electron chi connectivity index (χ1n) is 7.46. The lowest BCUT2D eigenvalue weighted by molar-refractivity contribution is 0.303. The number of nitrogens with one attached hydrogen (secondary N) is 1. The quantitative estimate of drug-likeness (QED) is 0.724. The summed E-state index contributed by atoms with van der Waals surface area (Å²) >= 11 is 0. The van der Waals surface area contributed by atoms with E-state index in [0.717, 1.165) is 24.3 Å². The molecule has 1 aromatic carbocycles. The van der Waals surface area contributed by atoms with Crippen LogP contribution in [-0.2, 0) is 19.6 Å². The third-order valence-electron chi connectivity index (χ3n) is 3.37. The summed E-state index contributed by atoms with van der Waals surface area (Å²) < 4.78 is 4.84. The maximum Gasteiger partial charge on any atom is 0.222 e. The Morgan fingerprint density at radius 3 is 2.48 bits per heavy atom. The van der Waals surface area contributed by atoms with Crippen molar-refractivity contribution in [2.45, 2.75) is 19.6 Å². The van der Waals surface area contributed by atoms with E-state index in [1.807, 2.05) is 43.7 Å². The van der Waals surface area contributed by atoms with Crippen LogP contribution in [0, 0.1) is 0 Å². The Balaban J connectivity index is 1.50. The van der Waals surface area contributed by atoms with Gasteiger partial charge in [-0.3, -0.25) is 4.90 Å². The van der Waals surface area contributed by atoms with Crippen molar-refractivity contribution in [2.24, 2.45) is 0 Å². The number of benzene rings is 1. The molecule has 0 fully saturated rings. The molecule has 0 unspecified atom stereocenters. The Hall–Kier alpha value is -2.73. The lowest BCUT2D eigenvalue weighted by Crippen LogP contribution is -2.17. The molecule has 2 heterocycles. The van der Waals surface area contributed by atoms with Gasteiger partial charge in [-0.15, -0.1) is 0 Å². The predicted molar refractivity (Wildman–Crippen MR) is 87.5 cm³/mol. The van der Waals surface area contributed by atoms with Crippen molar-refractivity contribution in [1.82, 2.24) is 20.0 Å². The Morgan fingerprint density at radius 1 is 1.00 bits per heavy atom. The summed E-state index contributed by atoms with van der Waals surface area (Å²) in [5, 5.41) is 7.13. The Morgan fingerprint density at radius 2 is 1.78 bits per heavy atom. The minimum atomic E-state index is 0.636. The van der Waals surface area contributed by atoms with Crippen molar-refractivity contribution in [3.63, 3.8) is 0 Å². The van der Waals surface area contributed by atoms with E-state index in [1.54, 1.807) is 6.26 Å². The Bertz CT molecular complexity index is 698. The van der Waals surface area contributed by atoms with E-state index in [4.69, 9.17) is 4.52 Å². The molecular weight excluding hydrogens is 290 g/mol. The fourth-order valence-corrected chi connectivity index (χ4v) is 2.27. The fraction of sp³-hybridized carbons (Fsp3) is 0.235. The summed E-state index contributed by atoms with van der Waals surface area (Å²) in [6.07, 6.45) is 5.28. The van der Waals surface area contributed by atoms with Gasteiger partial charge in [0.05, 0.1) is 5.69 Å². The van der Waals surface area contributed by atoms with Crippen LogP contribution < -0.4 is 5.32 Å². The van der Waals surface area contributed by atoms with Crippen LogP contribution in [0.2, 0.25) is 0 Å². The van der Waals surface area contributed by atoms with Gasteiger partial charge in [-0.2, -0.15) is 0 Å². The predicted octanol–water partition coefficient (Wildman–Crippen LogP) is 2.71. The average Bonchev–Trinajstić information content (AvgIpc) is 3.08. The first kappa shape index (κ1) is 15.2. The molecule has 3 aromatic rings. The van der Waals surface area contributed by atoms with Gasteiger partial charge in [0.15, 0.2) is 0 Å². The Labute approximate surface area is 135 Å². The average molecular weight is 309 g/mol. The van der Waals surface area contributed by atoms with Gasteiger partial charge >= 0.3 is 0 Å². The molecule has 6 nitrogen and oxygen atoms in total. The van der Waals surface area contributed by atoms with Crippen molar-refractivity contribution < 1.29 is 4.52 Å². The number of hydrogen-bond acceptors (Lipinski definition) is 6. The minimum absolute atomic E-state index is 0.636. The summed E-state index contributed by atoms with van der Waals surface area (Å²) in [5.74, 6) is 0.636. The fourth-order valence-electron chi connectivity index (χ4n) is 2.27. The van der Waals surface area contributed by atoms with E-state index in [1.165, 1.54) is 5.56 Å². The maximum absolute atomic E-state index is 4.84. The van der Waals surface area contributed by atoms with E-state index in [9.17, 15) is 0 Å². The molecule has 0 atom stereocenters. The summed E-state index contributed by atoms with van der Waals surface area (Å²) in [6, 6.07) is 12.0. The van der Waals surface area contributed by atoms with Gasteiger partial charge in [-0.25, -0.2) is 9.97 Å². The molecule has 0 spiro atoms. The number of anilines is 1. The highest BCUT2D eigenvalue weighted by molar-refractivity contribution is 5.27. The highest BCUT2D eigenvalue weighted by Crippen LogP contribution is 2.08. The molecular formula is C17H19N5O. The van der Waals surface area contributed by atoms with Crippen molar-refractivity contribution in [3.05, 3.63) is 71.9 Å². The highest BCUT2D eigenvalue weighted by Gasteiger charge is 2.05. The molecule has 0 aliphatic rings. The summed E-state index contributed by atoms with van der Waals surface area (Å²) in [5.41, 5.74) is 3.17. The second-order valence-corrected chi connectivity index (χ2v) is 5.42. The molecule has 0 aliphatic heterocycles. The molecule has 118 valence electrons. The standard InChI is InChI=1S/C17H19N5O/c1-22(13-16-7-8-23-21-16)12-15-10-19-17(20-11-15)18-9-14-5-3-2-4-6-14/h2-8,10-11H,9,12-13H2,1H3,(H,18,19,20). The van der Waals surface area contributed by atoms with Crippen LogP contribution in [-0.4, -0.2) is 27.1 Å². The van der Waals surface area contributed by atoms with Crippen LogP contribution >= 0.6 is 0 Å². The van der Waals surface area contributed by atoms with E-state index < -0.39 is 0 Å². The van der Waals surface area contributed by atoms with E-state index >= 15 is 0 Å². The lowest BCUT2D eigenvalue weighted by Gasteiger charge is -2.14. The van der Waals surface area contributed by atoms with Gasteiger partial charge in [0.2, 0.25) is 5.95 Å². The van der Waals surface area contributed by atoms with Gasteiger partial charge in [0, 0.05) is 43.7 Å². The van der Waals surface area contributed by atoms with E-state index in [-0.39, 0.29) is 0 Å². The zero-order valence-corrected chi connectivity index (χ0v) is 13.0. The SMILES string of the molecule is CN(Cc1cnc(NCc2ccccc2)nc1)Cc1ccon1. The molecule has 0 aliphatic carbocycles. The molecule has 6 heteroatoms. The van der Waals surface area contributed by atoms with Crippen LogP contribution in [0.1, 0.15) is 16.8 Å². The van der Waals surface area contributed by atoms with Crippen molar-refractivity contribution in [3.8, 4) is 0 Å². The van der Waals surface area contributed by atoms with Crippen molar-refractivity contribution >= 4 is 5.95 Å². The number of nitrogens with zero attached hydrogens (tertiary/aromatic N) is 4. The summed E-state index contributed by atoms with van der Waals surface area (Å²) in [4.78, 5) is 10.9. The molecule has 2 aromatic heterocycles. The van der Waals surface area contributed by atoms with Gasteiger partial charge in [-0.05, 0) is 12.6 Å². The van der Waals surface area contributed by atoms with Crippen LogP contribution in [0.3, 0.4) is 0 Å². The van der Waals surface area contributed by atoms with Crippen molar-refractivity contribution in [2.75, 3.05) is 12.4 Å². The third-order valence-corrected chi connectivity index (χ3v) is 3.37. The second kappa shape index (κ2) is 7.51. The van der Waals surface area contributed by atoms with Crippen LogP contribution in [0.5, 0.6) is 0 Å². The van der Waals surface area contributed by atoms with Gasteiger partial charge in [-0.1, -0.05) is 35.5 Å². The number of hydrogen-bond donors (Lipinski definition) is 1. The third kappa shape index (κ3) is 4.62. The first-order valence-corrected chi connectivity index (χ1v) is 7.46. The smallest absolute Gasteiger partial charge is 0.222 e. The zero-order chi connectivity index (χ0) is 15.9. The van der Waals surface area contributed by atoms with Gasteiger partial charge in [0.1, 0.15) is 6.26 Å². The molecule has 0 radical (unpaired) electrons. The number of aromatic nitrogens is 3. The van der Waals surface area contributed by atoms with Gasteiger partial charge in [0.25, 0.3) is 0 Å². The molecule has 23 heavy (non-hydrogen) atoms. The van der Waals surface area contributed by atoms with Crippen LogP contribution in [0.25, 0.3) is 0 Å². The summed E-state index contributed by atoms with van der Waals surface area (Å²) in [6.45, 7) is 2.20. The molecule has 0 saturated heterocycles. The zero-order valence-electron chi connectivity index (χ0n) is 13.0. The summed E-state index contributed by atoms with van der Waals surface area (Å²) in [7, 11) is 2.02. The normalized spacial score (nSPS) is 10.9. The lowest BCUT2D eigenvalue weighted by atomic mass is 10.2. The number of rotatable bonds is 7. The molecule has 1 N–H and O–H groups in total. The monoisotopic (exact) mass is 309 g/mol. The highest BCUT2D eigenvalue weighted by atomic mass is 16.5. The minimum Gasteiger partial charge on any atom is -0.364 e. The van der Waals surface area contributed by atoms with E-state index in [0.29, 0.717) is 12.5 Å².